The van der Waals surface area contributed by atoms with E-state index in [4.69, 9.17) is 17.7 Å². The van der Waals surface area contributed by atoms with Gasteiger partial charge in [0, 0.05) is 10.9 Å². The molecule has 0 N–H and O–H groups in total. The highest BCUT2D eigenvalue weighted by atomic mass is 32.2. The lowest BCUT2D eigenvalue weighted by Crippen LogP contribution is -2.33. The van der Waals surface area contributed by atoms with Gasteiger partial charge in [0.1, 0.15) is 11.0 Å². The molecule has 5 nitrogen and oxygen atoms in total. The fraction of sp³-hybridized carbons (Fsp3) is 0.750. The first-order chi connectivity index (χ1) is 10.0. The van der Waals surface area contributed by atoms with Gasteiger partial charge in [0.2, 0.25) is 5.75 Å². The van der Waals surface area contributed by atoms with Crippen LogP contribution in [0.15, 0.2) is 12.7 Å². The van der Waals surface area contributed by atoms with E-state index in [9.17, 15) is 18.0 Å². The van der Waals surface area contributed by atoms with Crippen molar-refractivity contribution in [3.05, 3.63) is 12.7 Å². The Morgan fingerprint density at radius 1 is 1.45 bits per heavy atom. The third-order valence-electron chi connectivity index (χ3n) is 2.73. The van der Waals surface area contributed by atoms with E-state index in [0.717, 1.165) is 0 Å². The van der Waals surface area contributed by atoms with Crippen LogP contribution in [0, 0.1) is 0 Å². The lowest BCUT2D eigenvalue weighted by molar-refractivity contribution is -0.139. The summed E-state index contributed by atoms with van der Waals surface area (Å²) in [5.41, 5.74) is -5.65. The number of hydrogen-bond acceptors (Lipinski definition) is 5. The van der Waals surface area contributed by atoms with Gasteiger partial charge in [-0.15, -0.1) is 0 Å². The second-order valence-corrected chi connectivity index (χ2v) is 8.11. The number of halogens is 3. The summed E-state index contributed by atoms with van der Waals surface area (Å²) in [4.78, 5) is 11.3. The molecular formula is C12H19F3O5S2. The van der Waals surface area contributed by atoms with Crippen molar-refractivity contribution in [1.82, 2.24) is 0 Å². The lowest BCUT2D eigenvalue weighted by Gasteiger charge is -2.20. The molecule has 22 heavy (non-hydrogen) atoms. The number of alkyl halides is 3. The fourth-order valence-electron chi connectivity index (χ4n) is 1.74. The van der Waals surface area contributed by atoms with Crippen LogP contribution < -0.4 is 0 Å². The number of esters is 1. The molecule has 1 aliphatic rings. The predicted octanol–water partition coefficient (Wildman–Crippen LogP) is 1.96. The summed E-state index contributed by atoms with van der Waals surface area (Å²) in [5.74, 6) is 1.74. The van der Waals surface area contributed by atoms with E-state index in [1.54, 1.807) is 0 Å². The summed E-state index contributed by atoms with van der Waals surface area (Å²) >= 11 is 0. The molecule has 2 unspecified atom stereocenters. The second-order valence-electron chi connectivity index (χ2n) is 4.36. The standard InChI is InChI=1S/C11H19O2S.CHF3O3S/c1-3-10-7-5-6-8-14(10)9-11(12)13-4-2;2-1(3,4)8(5,6)7/h3,10H,1,4-9H2,2H3;(H,5,6,7)/q+1;/p-1. The minimum absolute atomic E-state index is 0.0374. The average molecular weight is 364 g/mol. The highest BCUT2D eigenvalue weighted by Gasteiger charge is 2.37. The van der Waals surface area contributed by atoms with E-state index in [-0.39, 0.29) is 16.9 Å². The van der Waals surface area contributed by atoms with E-state index in [0.29, 0.717) is 17.6 Å². The maximum Gasteiger partial charge on any atom is 0.485 e. The highest BCUT2D eigenvalue weighted by molar-refractivity contribution is 7.98. The van der Waals surface area contributed by atoms with Crippen LogP contribution >= 0.6 is 0 Å². The molecule has 1 rings (SSSR count). The van der Waals surface area contributed by atoms with Crippen LogP contribution in [0.3, 0.4) is 0 Å². The van der Waals surface area contributed by atoms with Crippen LogP contribution in [-0.2, 0) is 30.5 Å². The molecule has 0 amide bonds. The Kier molecular flexibility index (Phi) is 9.09. The normalized spacial score (nSPS) is 22.2. The first-order valence-corrected chi connectivity index (χ1v) is 9.53. The number of ether oxygens (including phenoxy) is 1. The van der Waals surface area contributed by atoms with Gasteiger partial charge in [-0.2, -0.15) is 13.2 Å². The Balaban J connectivity index is 0.000000472. The first-order valence-electron chi connectivity index (χ1n) is 6.49. The van der Waals surface area contributed by atoms with Crippen molar-refractivity contribution >= 4 is 27.0 Å². The van der Waals surface area contributed by atoms with Crippen molar-refractivity contribution < 1.29 is 35.7 Å². The van der Waals surface area contributed by atoms with E-state index in [1.165, 1.54) is 25.0 Å². The molecule has 0 spiro atoms. The van der Waals surface area contributed by atoms with Crippen molar-refractivity contribution in [2.24, 2.45) is 0 Å². The van der Waals surface area contributed by atoms with Crippen LogP contribution in [0.2, 0.25) is 0 Å². The first kappa shape index (κ1) is 21.3. The topological polar surface area (TPSA) is 83.5 Å². The number of rotatable bonds is 4. The van der Waals surface area contributed by atoms with Gasteiger partial charge in [0.25, 0.3) is 0 Å². The molecule has 0 aliphatic carbocycles. The quantitative estimate of drug-likeness (QED) is 0.250. The Bertz CT molecular complexity index is 462. The largest absolute Gasteiger partial charge is 0.741 e. The number of hydrogen-bond donors (Lipinski definition) is 0. The summed E-state index contributed by atoms with van der Waals surface area (Å²) in [6, 6.07) is 0. The zero-order valence-corrected chi connectivity index (χ0v) is 13.7. The Morgan fingerprint density at radius 2 is 2.00 bits per heavy atom. The summed E-state index contributed by atoms with van der Waals surface area (Å²) < 4.78 is 63.9. The number of carbonyl (C=O) groups is 1. The minimum Gasteiger partial charge on any atom is -0.741 e. The van der Waals surface area contributed by atoms with Gasteiger partial charge in [-0.05, 0) is 32.3 Å². The van der Waals surface area contributed by atoms with Crippen LogP contribution in [0.25, 0.3) is 0 Å². The average Bonchev–Trinajstić information content (AvgIpc) is 2.38. The lowest BCUT2D eigenvalue weighted by atomic mass is 10.2. The number of carbonyl (C=O) groups excluding carboxylic acids is 1. The van der Waals surface area contributed by atoms with Gasteiger partial charge in [-0.25, -0.2) is 13.2 Å². The molecule has 10 heteroatoms. The van der Waals surface area contributed by atoms with Crippen LogP contribution in [0.5, 0.6) is 0 Å². The molecule has 0 aromatic heterocycles. The van der Waals surface area contributed by atoms with E-state index >= 15 is 0 Å². The van der Waals surface area contributed by atoms with Crippen LogP contribution in [0.1, 0.15) is 26.2 Å². The smallest absolute Gasteiger partial charge is 0.485 e. The molecule has 0 saturated carbocycles. The molecule has 2 atom stereocenters. The molecule has 1 heterocycles. The maximum absolute atomic E-state index is 11.3. The summed E-state index contributed by atoms with van der Waals surface area (Å²) in [7, 11) is -5.90. The van der Waals surface area contributed by atoms with Crippen molar-refractivity contribution in [2.45, 2.75) is 36.9 Å². The van der Waals surface area contributed by atoms with Gasteiger partial charge in [0.05, 0.1) is 6.61 Å². The fourth-order valence-corrected chi connectivity index (χ4v) is 4.13. The molecule has 130 valence electrons. The zero-order valence-electron chi connectivity index (χ0n) is 12.1. The van der Waals surface area contributed by atoms with Crippen molar-refractivity contribution in [1.29, 1.82) is 0 Å². The Labute approximate surface area is 131 Å². The van der Waals surface area contributed by atoms with Crippen molar-refractivity contribution in [2.75, 3.05) is 18.1 Å². The Morgan fingerprint density at radius 3 is 2.41 bits per heavy atom. The van der Waals surface area contributed by atoms with Crippen LogP contribution in [0.4, 0.5) is 13.2 Å². The van der Waals surface area contributed by atoms with Gasteiger partial charge in [-0.1, -0.05) is 6.58 Å². The summed E-state index contributed by atoms with van der Waals surface area (Å²) in [6.45, 7) is 6.19. The Hall–Kier alpha value is -0.740. The van der Waals surface area contributed by atoms with E-state index in [2.05, 4.69) is 6.58 Å². The summed E-state index contributed by atoms with van der Waals surface area (Å²) in [5, 5.41) is 0.549. The van der Waals surface area contributed by atoms with Gasteiger partial charge in [-0.3, -0.25) is 0 Å². The molecule has 0 radical (unpaired) electrons. The van der Waals surface area contributed by atoms with Gasteiger partial charge >= 0.3 is 11.5 Å². The van der Waals surface area contributed by atoms with Crippen molar-refractivity contribution in [3.8, 4) is 0 Å². The highest BCUT2D eigenvalue weighted by Crippen LogP contribution is 2.22. The van der Waals surface area contributed by atoms with E-state index < -0.39 is 15.6 Å². The molecule has 0 aromatic carbocycles. The van der Waals surface area contributed by atoms with Crippen LogP contribution in [-0.4, -0.2) is 47.8 Å². The third kappa shape index (κ3) is 8.04. The zero-order chi connectivity index (χ0) is 17.4. The SMILES string of the molecule is C=CC1CCCC[S+]1CC(=O)OCC.O=S(=O)([O-])C(F)(F)F. The molecule has 0 aromatic rings. The van der Waals surface area contributed by atoms with Gasteiger partial charge < -0.3 is 9.29 Å². The van der Waals surface area contributed by atoms with Crippen molar-refractivity contribution in [3.63, 3.8) is 0 Å². The van der Waals surface area contributed by atoms with E-state index in [1.807, 2.05) is 13.0 Å². The maximum atomic E-state index is 11.3. The third-order valence-corrected chi connectivity index (χ3v) is 6.00. The monoisotopic (exact) mass is 364 g/mol. The second kappa shape index (κ2) is 9.41. The molecule has 1 fully saturated rings. The van der Waals surface area contributed by atoms with Gasteiger partial charge in [0.15, 0.2) is 10.1 Å². The molecule has 1 saturated heterocycles. The minimum atomic E-state index is -6.09. The molecule has 1 aliphatic heterocycles. The predicted molar refractivity (Wildman–Crippen MR) is 77.3 cm³/mol. The molecular weight excluding hydrogens is 345 g/mol. The molecule has 0 bridgehead atoms. The summed E-state index contributed by atoms with van der Waals surface area (Å²) in [6.07, 6.45) is 5.75.